The number of carbonyl (C=O) groups excluding carboxylic acids is 1. The molecule has 0 aliphatic carbocycles. The number of benzene rings is 2. The predicted molar refractivity (Wildman–Crippen MR) is 101 cm³/mol. The first-order valence-corrected chi connectivity index (χ1v) is 9.04. The fourth-order valence-corrected chi connectivity index (χ4v) is 2.72. The molecule has 0 aliphatic heterocycles. The lowest BCUT2D eigenvalue weighted by molar-refractivity contribution is -0.137. The highest BCUT2D eigenvalue weighted by Crippen LogP contribution is 2.36. The number of hydrogen-bond donors (Lipinski definition) is 2. The summed E-state index contributed by atoms with van der Waals surface area (Å²) in [5.74, 6) is -0.846. The maximum atomic E-state index is 12.9. The second-order valence-corrected chi connectivity index (χ2v) is 6.48. The van der Waals surface area contributed by atoms with E-state index < -0.39 is 22.7 Å². The van der Waals surface area contributed by atoms with Crippen LogP contribution >= 0.6 is 23.4 Å². The molecule has 140 valence electrons. The van der Waals surface area contributed by atoms with E-state index in [9.17, 15) is 18.0 Å². The minimum Gasteiger partial charge on any atom is -0.360 e. The van der Waals surface area contributed by atoms with Crippen molar-refractivity contribution in [2.75, 3.05) is 16.9 Å². The molecule has 9 heteroatoms. The second-order valence-electron chi connectivity index (χ2n) is 5.19. The Labute approximate surface area is 163 Å². The van der Waals surface area contributed by atoms with Crippen molar-refractivity contribution < 1.29 is 18.0 Å². The van der Waals surface area contributed by atoms with Crippen molar-refractivity contribution in [2.45, 2.75) is 11.1 Å². The molecule has 0 saturated carbocycles. The minimum atomic E-state index is -4.66. The van der Waals surface area contributed by atoms with E-state index in [1.54, 1.807) is 18.2 Å². The van der Waals surface area contributed by atoms with Gasteiger partial charge in [-0.2, -0.15) is 18.4 Å². The summed E-state index contributed by atoms with van der Waals surface area (Å²) in [5.41, 5.74) is -0.833. The SMILES string of the molecule is CSc1cccc(N/C=C(/C#N)C(=O)Nc2ccc(Cl)c(C(F)(F)F)c2)c1. The van der Waals surface area contributed by atoms with Crippen molar-refractivity contribution >= 4 is 40.6 Å². The summed E-state index contributed by atoms with van der Waals surface area (Å²) in [5, 5.41) is 13.8. The Morgan fingerprint density at radius 2 is 1.96 bits per heavy atom. The molecule has 27 heavy (non-hydrogen) atoms. The smallest absolute Gasteiger partial charge is 0.360 e. The molecule has 0 saturated heterocycles. The highest BCUT2D eigenvalue weighted by atomic mass is 35.5. The molecule has 0 unspecified atom stereocenters. The number of halogens is 4. The summed E-state index contributed by atoms with van der Waals surface area (Å²) in [7, 11) is 0. The van der Waals surface area contributed by atoms with Crippen LogP contribution in [-0.2, 0) is 11.0 Å². The third-order valence-electron chi connectivity index (χ3n) is 3.35. The lowest BCUT2D eigenvalue weighted by Gasteiger charge is -2.11. The molecule has 0 radical (unpaired) electrons. The minimum absolute atomic E-state index is 0.123. The Bertz CT molecular complexity index is 923. The highest BCUT2D eigenvalue weighted by molar-refractivity contribution is 7.98. The number of carbonyl (C=O) groups is 1. The summed E-state index contributed by atoms with van der Waals surface area (Å²) in [6.07, 6.45) is -1.56. The van der Waals surface area contributed by atoms with Gasteiger partial charge in [0.25, 0.3) is 5.91 Å². The van der Waals surface area contributed by atoms with Crippen LogP contribution in [0.25, 0.3) is 0 Å². The number of anilines is 2. The zero-order chi connectivity index (χ0) is 20.0. The molecule has 2 rings (SSSR count). The van der Waals surface area contributed by atoms with Gasteiger partial charge in [-0.25, -0.2) is 0 Å². The van der Waals surface area contributed by atoms with Gasteiger partial charge in [-0.1, -0.05) is 17.7 Å². The summed E-state index contributed by atoms with van der Waals surface area (Å²) < 4.78 is 38.7. The lowest BCUT2D eigenvalue weighted by atomic mass is 10.2. The molecule has 2 aromatic carbocycles. The van der Waals surface area contributed by atoms with E-state index in [1.165, 1.54) is 24.0 Å². The normalized spacial score (nSPS) is 11.6. The molecule has 4 nitrogen and oxygen atoms in total. The molecule has 0 fully saturated rings. The average molecular weight is 412 g/mol. The van der Waals surface area contributed by atoms with Crippen LogP contribution in [0.5, 0.6) is 0 Å². The van der Waals surface area contributed by atoms with Gasteiger partial charge in [-0.05, 0) is 42.7 Å². The largest absolute Gasteiger partial charge is 0.417 e. The van der Waals surface area contributed by atoms with Crippen LogP contribution in [0.1, 0.15) is 5.56 Å². The molecule has 0 heterocycles. The van der Waals surface area contributed by atoms with Gasteiger partial charge in [0.15, 0.2) is 0 Å². The second kappa shape index (κ2) is 8.84. The van der Waals surface area contributed by atoms with Gasteiger partial charge >= 0.3 is 6.18 Å². The summed E-state index contributed by atoms with van der Waals surface area (Å²) in [6, 6.07) is 12.0. The van der Waals surface area contributed by atoms with E-state index in [2.05, 4.69) is 10.6 Å². The number of nitrogens with one attached hydrogen (secondary N) is 2. The van der Waals surface area contributed by atoms with Crippen molar-refractivity contribution in [3.63, 3.8) is 0 Å². The third kappa shape index (κ3) is 5.67. The summed E-state index contributed by atoms with van der Waals surface area (Å²) in [6.45, 7) is 0. The number of nitrogens with zero attached hydrogens (tertiary/aromatic N) is 1. The van der Waals surface area contributed by atoms with Gasteiger partial charge in [0.05, 0.1) is 10.6 Å². The first-order chi connectivity index (χ1) is 12.7. The molecule has 0 aliphatic rings. The van der Waals surface area contributed by atoms with Gasteiger partial charge in [0, 0.05) is 22.5 Å². The lowest BCUT2D eigenvalue weighted by Crippen LogP contribution is -2.15. The predicted octanol–water partition coefficient (Wildman–Crippen LogP) is 5.54. The Hall–Kier alpha value is -2.63. The fraction of sp³-hybridized carbons (Fsp3) is 0.111. The Balaban J connectivity index is 2.16. The first-order valence-electron chi connectivity index (χ1n) is 7.43. The van der Waals surface area contributed by atoms with E-state index in [-0.39, 0.29) is 11.3 Å². The molecule has 0 atom stereocenters. The van der Waals surface area contributed by atoms with E-state index in [0.717, 1.165) is 11.0 Å². The molecule has 0 bridgehead atoms. The Morgan fingerprint density at radius 1 is 1.22 bits per heavy atom. The van der Waals surface area contributed by atoms with Crippen molar-refractivity contribution in [3.8, 4) is 6.07 Å². The standard InChI is InChI=1S/C18H13ClF3N3OS/c1-27-14-4-2-3-12(7-14)24-10-11(9-23)17(26)25-13-5-6-16(19)15(8-13)18(20,21)22/h2-8,10,24H,1H3,(H,25,26)/b11-10-. The number of alkyl halides is 3. The molecular weight excluding hydrogens is 399 g/mol. The molecule has 0 aromatic heterocycles. The number of thioether (sulfide) groups is 1. The summed E-state index contributed by atoms with van der Waals surface area (Å²) >= 11 is 7.07. The monoisotopic (exact) mass is 411 g/mol. The van der Waals surface area contributed by atoms with Gasteiger partial charge in [-0.15, -0.1) is 11.8 Å². The molecule has 1 amide bonds. The average Bonchev–Trinajstić information content (AvgIpc) is 2.63. The van der Waals surface area contributed by atoms with Crippen molar-refractivity contribution in [1.29, 1.82) is 5.26 Å². The van der Waals surface area contributed by atoms with E-state index in [4.69, 9.17) is 16.9 Å². The number of hydrogen-bond acceptors (Lipinski definition) is 4. The topological polar surface area (TPSA) is 64.9 Å². The van der Waals surface area contributed by atoms with Crippen LogP contribution in [-0.4, -0.2) is 12.2 Å². The van der Waals surface area contributed by atoms with Crippen LogP contribution in [0.4, 0.5) is 24.5 Å². The first kappa shape index (κ1) is 20.7. The van der Waals surface area contributed by atoms with Crippen LogP contribution in [0.3, 0.4) is 0 Å². The highest BCUT2D eigenvalue weighted by Gasteiger charge is 2.33. The third-order valence-corrected chi connectivity index (χ3v) is 4.40. The maximum absolute atomic E-state index is 12.9. The van der Waals surface area contributed by atoms with Gasteiger partial charge < -0.3 is 10.6 Å². The number of rotatable bonds is 5. The molecular formula is C18H13ClF3N3OS. The van der Waals surface area contributed by atoms with E-state index in [0.29, 0.717) is 11.8 Å². The van der Waals surface area contributed by atoms with Gasteiger partial charge in [-0.3, -0.25) is 4.79 Å². The maximum Gasteiger partial charge on any atom is 0.417 e. The van der Waals surface area contributed by atoms with Gasteiger partial charge in [0.2, 0.25) is 0 Å². The zero-order valence-corrected chi connectivity index (χ0v) is 15.5. The van der Waals surface area contributed by atoms with Gasteiger partial charge in [0.1, 0.15) is 11.6 Å². The van der Waals surface area contributed by atoms with Crippen LogP contribution < -0.4 is 10.6 Å². The van der Waals surface area contributed by atoms with Crippen molar-refractivity contribution in [3.05, 3.63) is 64.8 Å². The quantitative estimate of drug-likeness (QED) is 0.385. The van der Waals surface area contributed by atoms with Crippen LogP contribution in [0.15, 0.2) is 59.1 Å². The van der Waals surface area contributed by atoms with Crippen molar-refractivity contribution in [2.24, 2.45) is 0 Å². The van der Waals surface area contributed by atoms with Crippen LogP contribution in [0, 0.1) is 11.3 Å². The van der Waals surface area contributed by atoms with E-state index >= 15 is 0 Å². The number of nitriles is 1. The Kier molecular flexibility index (Phi) is 6.77. The van der Waals surface area contributed by atoms with E-state index in [1.807, 2.05) is 18.4 Å². The molecule has 2 N–H and O–H groups in total. The van der Waals surface area contributed by atoms with Crippen LogP contribution in [0.2, 0.25) is 5.02 Å². The Morgan fingerprint density at radius 3 is 2.59 bits per heavy atom. The zero-order valence-electron chi connectivity index (χ0n) is 13.9. The molecule has 2 aromatic rings. The number of amides is 1. The fourth-order valence-electron chi connectivity index (χ4n) is 2.04. The van der Waals surface area contributed by atoms with Crippen molar-refractivity contribution in [1.82, 2.24) is 0 Å². The summed E-state index contributed by atoms with van der Waals surface area (Å²) in [4.78, 5) is 13.2. The molecule has 0 spiro atoms.